The fourth-order valence-corrected chi connectivity index (χ4v) is 2.53. The summed E-state index contributed by atoms with van der Waals surface area (Å²) in [6.07, 6.45) is 2.29. The Labute approximate surface area is 106 Å². The highest BCUT2D eigenvalue weighted by Gasteiger charge is 2.38. The first-order chi connectivity index (χ1) is 8.39. The van der Waals surface area contributed by atoms with E-state index in [1.165, 1.54) is 6.08 Å². The summed E-state index contributed by atoms with van der Waals surface area (Å²) in [6.45, 7) is 3.96. The van der Waals surface area contributed by atoms with Crippen LogP contribution in [0.4, 0.5) is 5.69 Å². The van der Waals surface area contributed by atoms with Crippen molar-refractivity contribution in [3.8, 4) is 0 Å². The number of hydrogen-bond donors (Lipinski definition) is 1. The van der Waals surface area contributed by atoms with Crippen LogP contribution in [-0.4, -0.2) is 24.4 Å². The summed E-state index contributed by atoms with van der Waals surface area (Å²) in [7, 11) is 1.88. The number of carboxylic acids is 1. The molecule has 2 rings (SSSR count). The van der Waals surface area contributed by atoms with Crippen LogP contribution in [0.25, 0.3) is 0 Å². The Morgan fingerprint density at radius 1 is 1.39 bits per heavy atom. The van der Waals surface area contributed by atoms with Crippen molar-refractivity contribution in [2.24, 2.45) is 0 Å². The molecule has 18 heavy (non-hydrogen) atoms. The van der Waals surface area contributed by atoms with Gasteiger partial charge in [-0.15, -0.1) is 0 Å². The number of carbonyl (C=O) groups excluding carboxylic acids is 1. The predicted molar refractivity (Wildman–Crippen MR) is 69.0 cm³/mol. The van der Waals surface area contributed by atoms with Crippen LogP contribution in [0.5, 0.6) is 0 Å². The van der Waals surface area contributed by atoms with Crippen molar-refractivity contribution < 1.29 is 14.7 Å². The zero-order valence-electron chi connectivity index (χ0n) is 10.6. The lowest BCUT2D eigenvalue weighted by Gasteiger charge is -2.23. The Hall–Kier alpha value is -2.10. The Kier molecular flexibility index (Phi) is 2.73. The third kappa shape index (κ3) is 1.61. The van der Waals surface area contributed by atoms with E-state index in [2.05, 4.69) is 0 Å². The van der Waals surface area contributed by atoms with E-state index < -0.39 is 5.97 Å². The number of carboxylic acid groups (broad SMARTS) is 1. The lowest BCUT2D eigenvalue weighted by atomic mass is 9.83. The van der Waals surface area contributed by atoms with Gasteiger partial charge in [-0.05, 0) is 29.8 Å². The molecule has 1 heterocycles. The van der Waals surface area contributed by atoms with Crippen molar-refractivity contribution in [2.45, 2.75) is 19.3 Å². The van der Waals surface area contributed by atoms with Crippen LogP contribution in [-0.2, 0) is 10.2 Å². The Morgan fingerprint density at radius 2 is 2.06 bits per heavy atom. The van der Waals surface area contributed by atoms with Gasteiger partial charge in [0.15, 0.2) is 0 Å². The summed E-state index contributed by atoms with van der Waals surface area (Å²) in [5.41, 5.74) is 2.64. The molecule has 0 spiro atoms. The molecular weight excluding hydrogens is 230 g/mol. The first-order valence-corrected chi connectivity index (χ1v) is 5.67. The zero-order chi connectivity index (χ0) is 13.5. The highest BCUT2D eigenvalue weighted by atomic mass is 16.4. The standard InChI is InChI=1S/C14H15NO3/c1-14(2)10-8-9(13(17)18)4-5-11(10)15(3)12(14)6-7-16/h4-8H,1-3H3,(H,17,18)/b12-6-. The van der Waals surface area contributed by atoms with Crippen LogP contribution < -0.4 is 4.90 Å². The van der Waals surface area contributed by atoms with Gasteiger partial charge in [-0.3, -0.25) is 4.79 Å². The van der Waals surface area contributed by atoms with Crippen molar-refractivity contribution in [3.63, 3.8) is 0 Å². The normalized spacial score (nSPS) is 18.8. The summed E-state index contributed by atoms with van der Waals surface area (Å²) in [6, 6.07) is 5.05. The zero-order valence-corrected chi connectivity index (χ0v) is 10.6. The molecule has 0 saturated carbocycles. The smallest absolute Gasteiger partial charge is 0.335 e. The van der Waals surface area contributed by atoms with Crippen LogP contribution in [0.3, 0.4) is 0 Å². The third-order valence-corrected chi connectivity index (χ3v) is 3.51. The van der Waals surface area contributed by atoms with E-state index in [-0.39, 0.29) is 11.0 Å². The van der Waals surface area contributed by atoms with Crippen molar-refractivity contribution in [3.05, 3.63) is 41.1 Å². The van der Waals surface area contributed by atoms with Crippen LogP contribution in [0.15, 0.2) is 30.0 Å². The first kappa shape index (κ1) is 12.4. The van der Waals surface area contributed by atoms with E-state index in [4.69, 9.17) is 5.11 Å². The summed E-state index contributed by atoms with van der Waals surface area (Å²) in [4.78, 5) is 23.7. The number of hydrogen-bond acceptors (Lipinski definition) is 3. The second-order valence-corrected chi connectivity index (χ2v) is 4.91. The van der Waals surface area contributed by atoms with Crippen molar-refractivity contribution in [1.82, 2.24) is 0 Å². The van der Waals surface area contributed by atoms with Crippen LogP contribution in [0.1, 0.15) is 29.8 Å². The van der Waals surface area contributed by atoms with Gasteiger partial charge < -0.3 is 10.0 Å². The number of carbonyl (C=O) groups is 2. The third-order valence-electron chi connectivity index (χ3n) is 3.51. The number of aldehydes is 1. The van der Waals surface area contributed by atoms with E-state index in [1.807, 2.05) is 25.8 Å². The maximum Gasteiger partial charge on any atom is 0.335 e. The average Bonchev–Trinajstić information content (AvgIpc) is 2.51. The van der Waals surface area contributed by atoms with E-state index in [0.29, 0.717) is 0 Å². The van der Waals surface area contributed by atoms with Gasteiger partial charge in [-0.2, -0.15) is 0 Å². The SMILES string of the molecule is CN1/C(=C\C=O)C(C)(C)c2cc(C(=O)O)ccc21. The van der Waals surface area contributed by atoms with Gasteiger partial charge in [0.05, 0.1) is 5.56 Å². The minimum absolute atomic E-state index is 0.266. The number of aromatic carboxylic acids is 1. The predicted octanol–water partition coefficient (Wildman–Crippen LogP) is 2.20. The maximum absolute atomic E-state index is 11.0. The Bertz CT molecular complexity index is 558. The van der Waals surface area contributed by atoms with Gasteiger partial charge >= 0.3 is 5.97 Å². The highest BCUT2D eigenvalue weighted by Crippen LogP contribution is 2.46. The monoisotopic (exact) mass is 245 g/mol. The van der Waals surface area contributed by atoms with E-state index in [9.17, 15) is 9.59 Å². The molecule has 1 aromatic rings. The molecule has 0 aliphatic carbocycles. The highest BCUT2D eigenvalue weighted by molar-refractivity contribution is 5.90. The molecule has 1 N–H and O–H groups in total. The van der Waals surface area contributed by atoms with Crippen molar-refractivity contribution in [2.75, 3.05) is 11.9 Å². The van der Waals surface area contributed by atoms with Gasteiger partial charge in [0.2, 0.25) is 0 Å². The largest absolute Gasteiger partial charge is 0.478 e. The molecule has 94 valence electrons. The molecule has 1 aromatic carbocycles. The molecule has 0 unspecified atom stereocenters. The van der Waals surface area contributed by atoms with E-state index >= 15 is 0 Å². The number of nitrogens with zero attached hydrogens (tertiary/aromatic N) is 1. The topological polar surface area (TPSA) is 57.6 Å². The Morgan fingerprint density at radius 3 is 2.61 bits per heavy atom. The molecule has 0 amide bonds. The molecule has 1 aliphatic rings. The molecule has 0 atom stereocenters. The fourth-order valence-electron chi connectivity index (χ4n) is 2.53. The number of allylic oxidation sites excluding steroid dienone is 2. The summed E-state index contributed by atoms with van der Waals surface area (Å²) < 4.78 is 0. The van der Waals surface area contributed by atoms with Crippen LogP contribution >= 0.6 is 0 Å². The number of rotatable bonds is 2. The maximum atomic E-state index is 11.0. The second kappa shape index (κ2) is 3.98. The number of anilines is 1. The van der Waals surface area contributed by atoms with Crippen LogP contribution in [0.2, 0.25) is 0 Å². The average molecular weight is 245 g/mol. The van der Waals surface area contributed by atoms with E-state index in [0.717, 1.165) is 23.2 Å². The minimum Gasteiger partial charge on any atom is -0.478 e. The Balaban J connectivity index is 2.65. The molecular formula is C14H15NO3. The van der Waals surface area contributed by atoms with Gasteiger partial charge in [0.1, 0.15) is 6.29 Å². The molecule has 0 radical (unpaired) electrons. The van der Waals surface area contributed by atoms with Gasteiger partial charge in [0.25, 0.3) is 0 Å². The summed E-state index contributed by atoms with van der Waals surface area (Å²) in [5, 5.41) is 9.04. The number of likely N-dealkylation sites (N-methyl/N-ethyl adjacent to an activating group) is 1. The fraction of sp³-hybridized carbons (Fsp3) is 0.286. The first-order valence-electron chi connectivity index (χ1n) is 5.67. The molecule has 4 heteroatoms. The van der Waals surface area contributed by atoms with Gasteiger partial charge in [-0.25, -0.2) is 4.79 Å². The van der Waals surface area contributed by atoms with Gasteiger partial charge in [-0.1, -0.05) is 13.8 Å². The number of fused-ring (bicyclic) bond motifs is 1. The molecule has 1 aliphatic heterocycles. The minimum atomic E-state index is -0.941. The number of benzene rings is 1. The molecule has 4 nitrogen and oxygen atoms in total. The molecule has 0 saturated heterocycles. The van der Waals surface area contributed by atoms with Gasteiger partial charge in [0, 0.05) is 23.8 Å². The lowest BCUT2D eigenvalue weighted by Crippen LogP contribution is -2.23. The summed E-state index contributed by atoms with van der Waals surface area (Å²) >= 11 is 0. The van der Waals surface area contributed by atoms with Crippen LogP contribution in [0, 0.1) is 0 Å². The van der Waals surface area contributed by atoms with E-state index in [1.54, 1.807) is 18.2 Å². The molecule has 0 bridgehead atoms. The second-order valence-electron chi connectivity index (χ2n) is 4.91. The van der Waals surface area contributed by atoms with Crippen molar-refractivity contribution in [1.29, 1.82) is 0 Å². The lowest BCUT2D eigenvalue weighted by molar-refractivity contribution is -0.104. The van der Waals surface area contributed by atoms with Crippen molar-refractivity contribution >= 4 is 17.9 Å². The summed E-state index contributed by atoms with van der Waals surface area (Å²) in [5.74, 6) is -0.941. The quantitative estimate of drug-likeness (QED) is 0.641. The molecule has 0 aromatic heterocycles. The molecule has 0 fully saturated rings.